The number of aliphatic hydroxyl groups excluding tert-OH is 1. The number of aromatic nitrogens is 3. The minimum Gasteiger partial charge on any atom is -0.395 e. The zero-order valence-corrected chi connectivity index (χ0v) is 13.6. The van der Waals surface area contributed by atoms with Crippen molar-refractivity contribution in [1.82, 2.24) is 19.9 Å². The quantitative estimate of drug-likeness (QED) is 0.599. The number of benzene rings is 1. The van der Waals surface area contributed by atoms with Gasteiger partial charge in [-0.25, -0.2) is 4.98 Å². The number of nitrogens with one attached hydrogen (secondary N) is 2. The Balaban J connectivity index is 1.59. The van der Waals surface area contributed by atoms with Crippen LogP contribution >= 0.6 is 0 Å². The van der Waals surface area contributed by atoms with Crippen molar-refractivity contribution in [1.29, 1.82) is 0 Å². The number of aromatic amines is 1. The molecule has 4 rings (SSSR count). The Labute approximate surface area is 148 Å². The van der Waals surface area contributed by atoms with Gasteiger partial charge >= 0.3 is 0 Å². The predicted octanol–water partition coefficient (Wildman–Crippen LogP) is 1.28. The molecule has 0 spiro atoms. The molecule has 1 aliphatic heterocycles. The van der Waals surface area contributed by atoms with Crippen molar-refractivity contribution in [3.63, 3.8) is 0 Å². The van der Waals surface area contributed by atoms with Crippen LogP contribution in [0.1, 0.15) is 0 Å². The van der Waals surface area contributed by atoms with Gasteiger partial charge in [-0.15, -0.1) is 0 Å². The molecule has 8 nitrogen and oxygen atoms in total. The number of amides is 2. The Hall–Kier alpha value is -3.52. The molecular weight excluding hydrogens is 334 g/mol. The van der Waals surface area contributed by atoms with Crippen molar-refractivity contribution in [2.24, 2.45) is 0 Å². The lowest BCUT2D eigenvalue weighted by Gasteiger charge is -2.13. The fraction of sp³-hybridized carbons (Fsp3) is 0.111. The van der Waals surface area contributed by atoms with Crippen molar-refractivity contribution >= 4 is 28.5 Å². The summed E-state index contributed by atoms with van der Waals surface area (Å²) in [6.45, 7) is -0.288. The van der Waals surface area contributed by atoms with Crippen molar-refractivity contribution in [2.75, 3.05) is 18.5 Å². The van der Waals surface area contributed by atoms with Gasteiger partial charge in [-0.3, -0.25) is 19.5 Å². The van der Waals surface area contributed by atoms with Crippen LogP contribution in [0.4, 0.5) is 5.69 Å². The molecule has 0 fully saturated rings. The molecule has 2 amide bonds. The fourth-order valence-electron chi connectivity index (χ4n) is 2.79. The van der Waals surface area contributed by atoms with Gasteiger partial charge in [-0.2, -0.15) is 0 Å². The molecule has 3 N–H and O–H groups in total. The molecule has 0 radical (unpaired) electrons. The van der Waals surface area contributed by atoms with Crippen LogP contribution in [0.25, 0.3) is 22.4 Å². The first kappa shape index (κ1) is 16.0. The fourth-order valence-corrected chi connectivity index (χ4v) is 2.79. The summed E-state index contributed by atoms with van der Waals surface area (Å²) >= 11 is 0. The number of imidazole rings is 1. The van der Waals surface area contributed by atoms with Crippen LogP contribution in [-0.4, -0.2) is 49.9 Å². The molecule has 0 saturated heterocycles. The monoisotopic (exact) mass is 349 g/mol. The van der Waals surface area contributed by atoms with Crippen LogP contribution in [0.3, 0.4) is 0 Å². The lowest BCUT2D eigenvalue weighted by molar-refractivity contribution is -0.137. The highest BCUT2D eigenvalue weighted by Gasteiger charge is 2.30. The third kappa shape index (κ3) is 2.82. The second-order valence-corrected chi connectivity index (χ2v) is 5.76. The Bertz CT molecular complexity index is 1030. The maximum atomic E-state index is 12.2. The van der Waals surface area contributed by atoms with E-state index in [1.54, 1.807) is 18.5 Å². The molecule has 0 saturated carbocycles. The minimum atomic E-state index is -0.454. The first-order valence-corrected chi connectivity index (χ1v) is 8.01. The Morgan fingerprint density at radius 3 is 2.88 bits per heavy atom. The second-order valence-electron chi connectivity index (χ2n) is 5.76. The average molecular weight is 349 g/mol. The molecule has 26 heavy (non-hydrogen) atoms. The van der Waals surface area contributed by atoms with Gasteiger partial charge in [0.15, 0.2) is 0 Å². The van der Waals surface area contributed by atoms with E-state index in [9.17, 15) is 9.59 Å². The summed E-state index contributed by atoms with van der Waals surface area (Å²) in [6.07, 6.45) is 4.65. The van der Waals surface area contributed by atoms with Gasteiger partial charge < -0.3 is 15.4 Å². The zero-order valence-electron chi connectivity index (χ0n) is 13.6. The Morgan fingerprint density at radius 2 is 2.12 bits per heavy atom. The summed E-state index contributed by atoms with van der Waals surface area (Å²) < 4.78 is 0. The number of rotatable bonds is 5. The van der Waals surface area contributed by atoms with E-state index in [2.05, 4.69) is 20.3 Å². The normalized spacial score (nSPS) is 14.2. The maximum Gasteiger partial charge on any atom is 0.277 e. The van der Waals surface area contributed by atoms with E-state index in [4.69, 9.17) is 5.11 Å². The molecule has 8 heteroatoms. The lowest BCUT2D eigenvalue weighted by atomic mass is 10.2. The van der Waals surface area contributed by atoms with E-state index < -0.39 is 11.8 Å². The third-order valence-corrected chi connectivity index (χ3v) is 4.03. The van der Waals surface area contributed by atoms with Gasteiger partial charge in [-0.05, 0) is 30.3 Å². The summed E-state index contributed by atoms with van der Waals surface area (Å²) in [4.78, 5) is 36.8. The van der Waals surface area contributed by atoms with Crippen LogP contribution in [0, 0.1) is 0 Å². The topological polar surface area (TPSA) is 111 Å². The van der Waals surface area contributed by atoms with Crippen LogP contribution in [0.5, 0.6) is 0 Å². The molecule has 0 aliphatic carbocycles. The highest BCUT2D eigenvalue weighted by Crippen LogP contribution is 2.24. The predicted molar refractivity (Wildman–Crippen MR) is 94.8 cm³/mol. The molecule has 2 aromatic heterocycles. The van der Waals surface area contributed by atoms with Crippen molar-refractivity contribution in [3.8, 4) is 11.4 Å². The summed E-state index contributed by atoms with van der Waals surface area (Å²) in [5.41, 5.74) is 3.27. The van der Waals surface area contributed by atoms with Gasteiger partial charge in [0.25, 0.3) is 11.8 Å². The number of aliphatic hydroxyl groups is 1. The van der Waals surface area contributed by atoms with Crippen LogP contribution in [0.15, 0.2) is 54.5 Å². The maximum absolute atomic E-state index is 12.2. The first-order valence-electron chi connectivity index (χ1n) is 8.01. The molecule has 3 aromatic rings. The number of nitrogens with zero attached hydrogens (tertiary/aromatic N) is 3. The number of carbonyl (C=O) groups excluding carboxylic acids is 2. The number of carbonyl (C=O) groups is 2. The lowest BCUT2D eigenvalue weighted by Crippen LogP contribution is -2.34. The van der Waals surface area contributed by atoms with Crippen molar-refractivity contribution in [3.05, 3.63) is 54.5 Å². The van der Waals surface area contributed by atoms with Crippen LogP contribution in [-0.2, 0) is 9.59 Å². The third-order valence-electron chi connectivity index (χ3n) is 4.03. The van der Waals surface area contributed by atoms with Gasteiger partial charge in [0.1, 0.15) is 11.5 Å². The molecule has 3 heterocycles. The SMILES string of the molecule is O=C1C=C(Nc2ccc3nc(-c4cccnc4)[nH]c3c2)C(=O)N1CCO. The van der Waals surface area contributed by atoms with E-state index in [1.807, 2.05) is 24.3 Å². The second kappa shape index (κ2) is 6.41. The summed E-state index contributed by atoms with van der Waals surface area (Å²) in [7, 11) is 0. The molecular formula is C18H15N5O3. The van der Waals surface area contributed by atoms with E-state index in [0.29, 0.717) is 11.5 Å². The molecule has 0 atom stereocenters. The van der Waals surface area contributed by atoms with E-state index in [-0.39, 0.29) is 18.8 Å². The summed E-state index contributed by atoms with van der Waals surface area (Å²) in [6, 6.07) is 9.16. The number of imide groups is 1. The first-order chi connectivity index (χ1) is 12.7. The standard InChI is InChI=1S/C18H15N5O3/c24-7-6-23-16(25)9-15(18(23)26)20-12-3-4-13-14(8-12)22-17(21-13)11-2-1-5-19-10-11/h1-5,8-10,20,24H,6-7H2,(H,21,22). The van der Waals surface area contributed by atoms with Gasteiger partial charge in [0, 0.05) is 29.7 Å². The molecule has 0 bridgehead atoms. The van der Waals surface area contributed by atoms with Gasteiger partial charge in [0.05, 0.1) is 24.2 Å². The Morgan fingerprint density at radius 1 is 1.23 bits per heavy atom. The molecule has 130 valence electrons. The van der Waals surface area contributed by atoms with E-state index >= 15 is 0 Å². The summed E-state index contributed by atoms with van der Waals surface area (Å²) in [5.74, 6) is -0.191. The van der Waals surface area contributed by atoms with Gasteiger partial charge in [0.2, 0.25) is 0 Å². The van der Waals surface area contributed by atoms with E-state index in [0.717, 1.165) is 21.5 Å². The zero-order chi connectivity index (χ0) is 18.1. The number of anilines is 1. The van der Waals surface area contributed by atoms with E-state index in [1.165, 1.54) is 6.08 Å². The minimum absolute atomic E-state index is 0.0204. The number of hydrogen-bond acceptors (Lipinski definition) is 6. The van der Waals surface area contributed by atoms with Gasteiger partial charge in [-0.1, -0.05) is 0 Å². The summed E-state index contributed by atoms with van der Waals surface area (Å²) in [5, 5.41) is 11.9. The highest BCUT2D eigenvalue weighted by atomic mass is 16.3. The molecule has 1 aromatic carbocycles. The smallest absolute Gasteiger partial charge is 0.277 e. The van der Waals surface area contributed by atoms with Crippen molar-refractivity contribution in [2.45, 2.75) is 0 Å². The number of fused-ring (bicyclic) bond motifs is 1. The molecule has 1 aliphatic rings. The molecule has 0 unspecified atom stereocenters. The highest BCUT2D eigenvalue weighted by molar-refractivity contribution is 6.17. The number of hydrogen-bond donors (Lipinski definition) is 3. The largest absolute Gasteiger partial charge is 0.395 e. The number of pyridine rings is 1. The van der Waals surface area contributed by atoms with Crippen LogP contribution < -0.4 is 5.32 Å². The average Bonchev–Trinajstić information content (AvgIpc) is 3.19. The van der Waals surface area contributed by atoms with Crippen LogP contribution in [0.2, 0.25) is 0 Å². The number of β-amino-alcohol motifs (C(OH)–C–C–N with tert-alkyl or cyclic N) is 1. The van der Waals surface area contributed by atoms with Crippen molar-refractivity contribution < 1.29 is 14.7 Å². The number of H-pyrrole nitrogens is 1. The Kier molecular flexibility index (Phi) is 3.94.